The third-order valence-corrected chi connectivity index (χ3v) is 3.99. The first-order valence-corrected chi connectivity index (χ1v) is 8.43. The molecule has 0 unspecified atom stereocenters. The summed E-state index contributed by atoms with van der Waals surface area (Å²) in [5, 5.41) is 6.05. The van der Waals surface area contributed by atoms with Crippen LogP contribution < -0.4 is 20.1 Å². The van der Waals surface area contributed by atoms with Crippen LogP contribution in [0.25, 0.3) is 0 Å². The summed E-state index contributed by atoms with van der Waals surface area (Å²) in [6, 6.07) is 16.5. The number of nitrogens with zero attached hydrogens (tertiary/aromatic N) is 1. The zero-order chi connectivity index (χ0) is 19.2. The Morgan fingerprint density at radius 3 is 2.44 bits per heavy atom. The Bertz CT molecular complexity index is 940. The summed E-state index contributed by atoms with van der Waals surface area (Å²) in [5.41, 5.74) is 2.99. The summed E-state index contributed by atoms with van der Waals surface area (Å²) >= 11 is 0. The average Bonchev–Trinajstić information content (AvgIpc) is 2.69. The van der Waals surface area contributed by atoms with Gasteiger partial charge in [-0.15, -0.1) is 0 Å². The van der Waals surface area contributed by atoms with Gasteiger partial charge in [-0.2, -0.15) is 0 Å². The fourth-order valence-corrected chi connectivity index (χ4v) is 2.63. The van der Waals surface area contributed by atoms with E-state index in [2.05, 4.69) is 15.6 Å². The second kappa shape index (κ2) is 8.23. The maximum absolute atomic E-state index is 12.4. The highest BCUT2D eigenvalue weighted by molar-refractivity contribution is 6.06. The normalized spacial score (nSPS) is 10.2. The first kappa shape index (κ1) is 18.3. The van der Waals surface area contributed by atoms with Crippen LogP contribution in [0.4, 0.5) is 17.2 Å². The van der Waals surface area contributed by atoms with Crippen molar-refractivity contribution in [3.8, 4) is 11.5 Å². The first-order chi connectivity index (χ1) is 13.1. The van der Waals surface area contributed by atoms with Gasteiger partial charge in [-0.05, 0) is 48.9 Å². The molecule has 3 aromatic rings. The Morgan fingerprint density at radius 1 is 0.963 bits per heavy atom. The number of hydrogen-bond donors (Lipinski definition) is 2. The molecular weight excluding hydrogens is 342 g/mol. The van der Waals surface area contributed by atoms with Gasteiger partial charge in [0.05, 0.1) is 37.4 Å². The van der Waals surface area contributed by atoms with Crippen molar-refractivity contribution in [2.75, 3.05) is 24.9 Å². The van der Waals surface area contributed by atoms with Gasteiger partial charge in [0.2, 0.25) is 0 Å². The zero-order valence-electron chi connectivity index (χ0n) is 15.4. The van der Waals surface area contributed by atoms with E-state index in [9.17, 15) is 4.79 Å². The van der Waals surface area contributed by atoms with Crippen molar-refractivity contribution < 1.29 is 14.3 Å². The van der Waals surface area contributed by atoms with E-state index in [1.54, 1.807) is 43.6 Å². The number of para-hydroxylation sites is 1. The highest BCUT2D eigenvalue weighted by Crippen LogP contribution is 2.28. The van der Waals surface area contributed by atoms with Gasteiger partial charge in [0, 0.05) is 0 Å². The molecule has 0 bridgehead atoms. The molecule has 1 aromatic heterocycles. The topological polar surface area (TPSA) is 72.5 Å². The fourth-order valence-electron chi connectivity index (χ4n) is 2.63. The monoisotopic (exact) mass is 363 g/mol. The Morgan fingerprint density at radius 2 is 1.74 bits per heavy atom. The molecule has 0 aliphatic heterocycles. The lowest BCUT2D eigenvalue weighted by atomic mass is 10.2. The second-order valence-corrected chi connectivity index (χ2v) is 5.92. The highest BCUT2D eigenvalue weighted by Gasteiger charge is 2.12. The van der Waals surface area contributed by atoms with Crippen molar-refractivity contribution in [1.29, 1.82) is 0 Å². The average molecular weight is 363 g/mol. The molecule has 0 aliphatic carbocycles. The van der Waals surface area contributed by atoms with E-state index in [0.29, 0.717) is 22.8 Å². The molecule has 0 radical (unpaired) electrons. The van der Waals surface area contributed by atoms with Crippen LogP contribution in [0.2, 0.25) is 0 Å². The van der Waals surface area contributed by atoms with Crippen molar-refractivity contribution in [2.45, 2.75) is 6.92 Å². The van der Waals surface area contributed by atoms with Crippen LogP contribution in [0.15, 0.2) is 60.8 Å². The Balaban J connectivity index is 1.72. The van der Waals surface area contributed by atoms with Gasteiger partial charge in [0.1, 0.15) is 17.3 Å². The molecule has 1 heterocycles. The molecule has 0 fully saturated rings. The predicted molar refractivity (Wildman–Crippen MR) is 106 cm³/mol. The number of amides is 1. The predicted octanol–water partition coefficient (Wildman–Crippen LogP) is 4.40. The van der Waals surface area contributed by atoms with Crippen LogP contribution in [0.1, 0.15) is 15.9 Å². The molecule has 138 valence electrons. The van der Waals surface area contributed by atoms with Gasteiger partial charge in [-0.1, -0.05) is 18.2 Å². The van der Waals surface area contributed by atoms with Crippen molar-refractivity contribution >= 4 is 23.1 Å². The summed E-state index contributed by atoms with van der Waals surface area (Å²) in [6.07, 6.45) is 1.60. The smallest absolute Gasteiger partial charge is 0.259 e. The number of hydrogen-bond acceptors (Lipinski definition) is 5. The maximum atomic E-state index is 12.4. The number of aromatic nitrogens is 1. The lowest BCUT2D eigenvalue weighted by molar-refractivity contribution is 0.102. The Kier molecular flexibility index (Phi) is 5.56. The quantitative estimate of drug-likeness (QED) is 0.679. The first-order valence-electron chi connectivity index (χ1n) is 8.43. The third kappa shape index (κ3) is 4.36. The number of nitrogens with one attached hydrogen (secondary N) is 2. The lowest BCUT2D eigenvalue weighted by Gasteiger charge is -2.12. The van der Waals surface area contributed by atoms with Crippen molar-refractivity contribution in [2.24, 2.45) is 0 Å². The number of methoxy groups -OCH3 is 2. The minimum Gasteiger partial charge on any atom is -0.496 e. The molecule has 0 saturated heterocycles. The molecule has 3 rings (SSSR count). The molecular formula is C21H21N3O3. The van der Waals surface area contributed by atoms with Gasteiger partial charge in [-0.25, -0.2) is 4.98 Å². The van der Waals surface area contributed by atoms with Crippen LogP contribution in [0.3, 0.4) is 0 Å². The van der Waals surface area contributed by atoms with Crippen LogP contribution in [-0.2, 0) is 0 Å². The number of rotatable bonds is 6. The number of benzene rings is 2. The van der Waals surface area contributed by atoms with E-state index in [4.69, 9.17) is 9.47 Å². The molecule has 2 N–H and O–H groups in total. The van der Waals surface area contributed by atoms with E-state index >= 15 is 0 Å². The van der Waals surface area contributed by atoms with Gasteiger partial charge in [0.25, 0.3) is 5.91 Å². The molecule has 1 amide bonds. The molecule has 27 heavy (non-hydrogen) atoms. The molecule has 0 saturated carbocycles. The van der Waals surface area contributed by atoms with Gasteiger partial charge >= 0.3 is 0 Å². The molecule has 6 heteroatoms. The number of anilines is 3. The minimum absolute atomic E-state index is 0.254. The summed E-state index contributed by atoms with van der Waals surface area (Å²) < 4.78 is 10.6. The maximum Gasteiger partial charge on any atom is 0.259 e. The van der Waals surface area contributed by atoms with Gasteiger partial charge in [0.15, 0.2) is 0 Å². The third-order valence-electron chi connectivity index (χ3n) is 3.99. The summed E-state index contributed by atoms with van der Waals surface area (Å²) in [4.78, 5) is 16.8. The number of carbonyl (C=O) groups is 1. The fraction of sp³-hybridized carbons (Fsp3) is 0.143. The van der Waals surface area contributed by atoms with E-state index in [1.165, 1.54) is 7.11 Å². The van der Waals surface area contributed by atoms with E-state index in [1.807, 2.05) is 31.2 Å². The number of pyridine rings is 1. The summed E-state index contributed by atoms with van der Waals surface area (Å²) in [5.74, 6) is 1.65. The van der Waals surface area contributed by atoms with Crippen LogP contribution >= 0.6 is 0 Å². The molecule has 6 nitrogen and oxygen atoms in total. The van der Waals surface area contributed by atoms with E-state index in [0.717, 1.165) is 17.0 Å². The van der Waals surface area contributed by atoms with Crippen molar-refractivity contribution in [3.63, 3.8) is 0 Å². The Hall–Kier alpha value is -3.54. The van der Waals surface area contributed by atoms with Gasteiger partial charge < -0.3 is 20.1 Å². The van der Waals surface area contributed by atoms with Gasteiger partial charge in [-0.3, -0.25) is 4.79 Å². The van der Waals surface area contributed by atoms with E-state index < -0.39 is 0 Å². The molecule has 0 spiro atoms. The van der Waals surface area contributed by atoms with Crippen LogP contribution in [0.5, 0.6) is 11.5 Å². The molecule has 0 atom stereocenters. The van der Waals surface area contributed by atoms with E-state index in [-0.39, 0.29) is 5.91 Å². The lowest BCUT2D eigenvalue weighted by Crippen LogP contribution is -2.13. The molecule has 2 aromatic carbocycles. The highest BCUT2D eigenvalue weighted by atomic mass is 16.5. The summed E-state index contributed by atoms with van der Waals surface area (Å²) in [7, 11) is 3.16. The van der Waals surface area contributed by atoms with Crippen molar-refractivity contribution in [1.82, 2.24) is 4.98 Å². The number of ether oxygens (including phenoxy) is 2. The number of carbonyl (C=O) groups excluding carboxylic acids is 1. The number of aryl methyl sites for hydroxylation is 1. The van der Waals surface area contributed by atoms with Crippen LogP contribution in [0, 0.1) is 6.92 Å². The minimum atomic E-state index is -0.254. The zero-order valence-corrected chi connectivity index (χ0v) is 15.4. The summed E-state index contributed by atoms with van der Waals surface area (Å²) in [6.45, 7) is 2.01. The molecule has 0 aliphatic rings. The van der Waals surface area contributed by atoms with Crippen LogP contribution in [-0.4, -0.2) is 25.1 Å². The van der Waals surface area contributed by atoms with Crippen molar-refractivity contribution in [3.05, 3.63) is 71.9 Å². The second-order valence-electron chi connectivity index (χ2n) is 5.92. The SMILES string of the molecule is COc1ccc(C)cc1Nc1ccc(NC(=O)c2ccccc2OC)cn1. The Labute approximate surface area is 158 Å². The standard InChI is InChI=1S/C21H21N3O3/c1-14-8-10-19(27-3)17(12-14)24-20-11-9-15(13-22-20)23-21(25)16-6-4-5-7-18(16)26-2/h4-13H,1-3H3,(H,22,24)(H,23,25). The largest absolute Gasteiger partial charge is 0.496 e.